The highest BCUT2D eigenvalue weighted by atomic mass is 16.5. The zero-order valence-corrected chi connectivity index (χ0v) is 12.5. The Morgan fingerprint density at radius 1 is 1.26 bits per heavy atom. The Morgan fingerprint density at radius 2 is 2.00 bits per heavy atom. The quantitative estimate of drug-likeness (QED) is 0.674. The number of likely N-dealkylation sites (N-methyl/N-ethyl adjacent to an activating group) is 1. The molecule has 3 rings (SSSR count). The fraction of sp³-hybridized carbons (Fsp3) is 0.750. The molecule has 1 fully saturated rings. The van der Waals surface area contributed by atoms with E-state index in [9.17, 15) is 0 Å². The van der Waals surface area contributed by atoms with Crippen LogP contribution < -0.4 is 0 Å². The second kappa shape index (κ2) is 4.95. The summed E-state index contributed by atoms with van der Waals surface area (Å²) >= 11 is 0. The number of nitrogens with zero attached hydrogens (tertiary/aromatic N) is 2. The second-order valence-corrected chi connectivity index (χ2v) is 6.29. The molecule has 3 nitrogen and oxygen atoms in total. The first-order valence-corrected chi connectivity index (χ1v) is 7.60. The summed E-state index contributed by atoms with van der Waals surface area (Å²) in [5, 5.41) is 0. The van der Waals surface area contributed by atoms with Gasteiger partial charge in [0.25, 0.3) is 0 Å². The summed E-state index contributed by atoms with van der Waals surface area (Å²) < 4.78 is 5.52. The molecular weight excluding hydrogens is 236 g/mol. The topological polar surface area (TPSA) is 15.7 Å². The van der Waals surface area contributed by atoms with Crippen molar-refractivity contribution in [2.24, 2.45) is 5.92 Å². The maximum atomic E-state index is 5.52. The van der Waals surface area contributed by atoms with E-state index in [0.29, 0.717) is 5.92 Å². The van der Waals surface area contributed by atoms with Crippen LogP contribution in [0.1, 0.15) is 26.7 Å². The lowest BCUT2D eigenvalue weighted by atomic mass is 9.77. The van der Waals surface area contributed by atoms with Crippen LogP contribution in [0.15, 0.2) is 23.4 Å². The first-order chi connectivity index (χ1) is 9.13. The van der Waals surface area contributed by atoms with Gasteiger partial charge in [-0.15, -0.1) is 0 Å². The van der Waals surface area contributed by atoms with E-state index in [1.807, 2.05) is 0 Å². The van der Waals surface area contributed by atoms with Gasteiger partial charge < -0.3 is 9.64 Å². The van der Waals surface area contributed by atoms with Gasteiger partial charge in [0.05, 0.1) is 18.8 Å². The van der Waals surface area contributed by atoms with Gasteiger partial charge in [0.2, 0.25) is 0 Å². The molecule has 0 aromatic heterocycles. The Morgan fingerprint density at radius 3 is 2.74 bits per heavy atom. The Labute approximate surface area is 116 Å². The molecule has 2 atom stereocenters. The SMILES string of the molecule is CC1C=CC(C)(N2CCOCC2)C2=C1CCCN2C. The van der Waals surface area contributed by atoms with Gasteiger partial charge in [-0.05, 0) is 31.3 Å². The summed E-state index contributed by atoms with van der Waals surface area (Å²) in [4.78, 5) is 5.09. The first kappa shape index (κ1) is 13.2. The highest BCUT2D eigenvalue weighted by Crippen LogP contribution is 2.41. The molecule has 0 spiro atoms. The highest BCUT2D eigenvalue weighted by molar-refractivity contribution is 5.39. The lowest BCUT2D eigenvalue weighted by Gasteiger charge is -2.50. The average molecular weight is 262 g/mol. The zero-order valence-electron chi connectivity index (χ0n) is 12.5. The van der Waals surface area contributed by atoms with E-state index in [0.717, 1.165) is 26.3 Å². The molecule has 0 bridgehead atoms. The fourth-order valence-corrected chi connectivity index (χ4v) is 3.95. The third kappa shape index (κ3) is 2.13. The minimum atomic E-state index is 0.0702. The van der Waals surface area contributed by atoms with E-state index in [2.05, 4.69) is 42.8 Å². The van der Waals surface area contributed by atoms with Crippen molar-refractivity contribution in [1.29, 1.82) is 0 Å². The van der Waals surface area contributed by atoms with Gasteiger partial charge in [-0.2, -0.15) is 0 Å². The van der Waals surface area contributed by atoms with Gasteiger partial charge in [0.15, 0.2) is 0 Å². The summed E-state index contributed by atoms with van der Waals surface area (Å²) in [6.07, 6.45) is 7.41. The molecule has 0 amide bonds. The van der Waals surface area contributed by atoms with Crippen molar-refractivity contribution in [3.8, 4) is 0 Å². The van der Waals surface area contributed by atoms with Crippen LogP contribution in [0.5, 0.6) is 0 Å². The smallest absolute Gasteiger partial charge is 0.0768 e. The van der Waals surface area contributed by atoms with Crippen molar-refractivity contribution in [2.75, 3.05) is 39.9 Å². The summed E-state index contributed by atoms with van der Waals surface area (Å²) in [5.74, 6) is 0.604. The third-order valence-corrected chi connectivity index (χ3v) is 5.03. The van der Waals surface area contributed by atoms with Gasteiger partial charge in [0, 0.05) is 32.4 Å². The van der Waals surface area contributed by atoms with E-state index in [1.54, 1.807) is 11.3 Å². The van der Waals surface area contributed by atoms with Crippen LogP contribution in [0.3, 0.4) is 0 Å². The maximum Gasteiger partial charge on any atom is 0.0768 e. The average Bonchev–Trinajstić information content (AvgIpc) is 2.44. The predicted octanol–water partition coefficient (Wildman–Crippen LogP) is 2.26. The molecule has 0 radical (unpaired) electrons. The molecule has 2 unspecified atom stereocenters. The van der Waals surface area contributed by atoms with Crippen molar-refractivity contribution >= 4 is 0 Å². The third-order valence-electron chi connectivity index (χ3n) is 5.03. The fourth-order valence-electron chi connectivity index (χ4n) is 3.95. The minimum Gasteiger partial charge on any atom is -0.379 e. The Balaban J connectivity index is 1.99. The molecule has 1 aliphatic carbocycles. The summed E-state index contributed by atoms with van der Waals surface area (Å²) in [7, 11) is 2.26. The first-order valence-electron chi connectivity index (χ1n) is 7.60. The molecule has 0 N–H and O–H groups in total. The molecule has 0 aromatic rings. The molecule has 19 heavy (non-hydrogen) atoms. The Kier molecular flexibility index (Phi) is 3.44. The van der Waals surface area contributed by atoms with Crippen LogP contribution in [0, 0.1) is 5.92 Å². The van der Waals surface area contributed by atoms with Gasteiger partial charge in [-0.1, -0.05) is 19.1 Å². The van der Waals surface area contributed by atoms with Gasteiger partial charge in [-0.25, -0.2) is 0 Å². The standard InChI is InChI=1S/C16H26N2O/c1-13-6-7-16(2,18-9-11-19-12-10-18)15-14(13)5-4-8-17(15)3/h6-7,13H,4-5,8-12H2,1-3H3. The lowest BCUT2D eigenvalue weighted by Crippen LogP contribution is -2.56. The van der Waals surface area contributed by atoms with Crippen molar-refractivity contribution < 1.29 is 4.74 Å². The molecule has 2 aliphatic heterocycles. The molecule has 3 heteroatoms. The van der Waals surface area contributed by atoms with E-state index >= 15 is 0 Å². The van der Waals surface area contributed by atoms with E-state index in [-0.39, 0.29) is 5.54 Å². The molecule has 106 valence electrons. The number of hydrogen-bond acceptors (Lipinski definition) is 3. The second-order valence-electron chi connectivity index (χ2n) is 6.29. The lowest BCUT2D eigenvalue weighted by molar-refractivity contribution is 0.000918. The van der Waals surface area contributed by atoms with Crippen LogP contribution >= 0.6 is 0 Å². The Bertz CT molecular complexity index is 409. The van der Waals surface area contributed by atoms with Gasteiger partial charge >= 0.3 is 0 Å². The predicted molar refractivity (Wildman–Crippen MR) is 78.0 cm³/mol. The van der Waals surface area contributed by atoms with Gasteiger partial charge in [0.1, 0.15) is 0 Å². The summed E-state index contributed by atoms with van der Waals surface area (Å²) in [6.45, 7) is 9.73. The van der Waals surface area contributed by atoms with Crippen LogP contribution in [-0.2, 0) is 4.74 Å². The monoisotopic (exact) mass is 262 g/mol. The number of ether oxygens (including phenoxy) is 1. The minimum absolute atomic E-state index is 0.0702. The van der Waals surface area contributed by atoms with E-state index < -0.39 is 0 Å². The molecule has 3 aliphatic rings. The molecular formula is C16H26N2O. The molecule has 0 aromatic carbocycles. The van der Waals surface area contributed by atoms with E-state index in [1.165, 1.54) is 19.4 Å². The number of morpholine rings is 1. The number of allylic oxidation sites excluding steroid dienone is 2. The van der Waals surface area contributed by atoms with Crippen LogP contribution in [-0.4, -0.2) is 55.2 Å². The van der Waals surface area contributed by atoms with Crippen LogP contribution in [0.25, 0.3) is 0 Å². The molecule has 2 heterocycles. The molecule has 1 saturated heterocycles. The Hall–Kier alpha value is -0.800. The van der Waals surface area contributed by atoms with Crippen molar-refractivity contribution in [2.45, 2.75) is 32.2 Å². The van der Waals surface area contributed by atoms with Crippen molar-refractivity contribution in [3.63, 3.8) is 0 Å². The number of rotatable bonds is 1. The number of hydrogen-bond donors (Lipinski definition) is 0. The summed E-state index contributed by atoms with van der Waals surface area (Å²) in [6, 6.07) is 0. The van der Waals surface area contributed by atoms with Crippen molar-refractivity contribution in [3.05, 3.63) is 23.4 Å². The highest BCUT2D eigenvalue weighted by Gasteiger charge is 2.41. The summed E-state index contributed by atoms with van der Waals surface area (Å²) in [5.41, 5.74) is 3.29. The largest absolute Gasteiger partial charge is 0.379 e. The van der Waals surface area contributed by atoms with Gasteiger partial charge in [-0.3, -0.25) is 4.90 Å². The van der Waals surface area contributed by atoms with Crippen molar-refractivity contribution in [1.82, 2.24) is 9.80 Å². The maximum absolute atomic E-state index is 5.52. The normalized spacial score (nSPS) is 36.6. The van der Waals surface area contributed by atoms with Crippen LogP contribution in [0.4, 0.5) is 0 Å². The zero-order chi connectivity index (χ0) is 13.5. The van der Waals surface area contributed by atoms with E-state index in [4.69, 9.17) is 4.74 Å². The molecule has 0 saturated carbocycles. The van der Waals surface area contributed by atoms with Crippen LogP contribution in [0.2, 0.25) is 0 Å².